The van der Waals surface area contributed by atoms with Gasteiger partial charge in [-0.05, 0) is 12.1 Å². The van der Waals surface area contributed by atoms with Gasteiger partial charge >= 0.3 is 5.97 Å². The van der Waals surface area contributed by atoms with E-state index in [2.05, 4.69) is 9.72 Å². The van der Waals surface area contributed by atoms with Crippen LogP contribution in [0.15, 0.2) is 18.3 Å². The normalized spacial score (nSPS) is 9.42. The molecule has 1 N–H and O–H groups in total. The standard InChI is InChI=1S/C8H9NO3/c1-6(10)12-5-8(11)7-3-2-4-9-7/h2-4,9H,5H2,1H3. The van der Waals surface area contributed by atoms with Gasteiger partial charge in [-0.3, -0.25) is 9.59 Å². The lowest BCUT2D eigenvalue weighted by Crippen LogP contribution is -2.11. The van der Waals surface area contributed by atoms with Crippen LogP contribution in [0.1, 0.15) is 17.4 Å². The molecule has 0 radical (unpaired) electrons. The van der Waals surface area contributed by atoms with Crippen molar-refractivity contribution in [1.29, 1.82) is 0 Å². The van der Waals surface area contributed by atoms with Gasteiger partial charge in [0.05, 0.1) is 5.69 Å². The Bertz CT molecular complexity index is 277. The Kier molecular flexibility index (Phi) is 2.63. The molecule has 1 aromatic heterocycles. The van der Waals surface area contributed by atoms with Crippen molar-refractivity contribution in [3.63, 3.8) is 0 Å². The summed E-state index contributed by atoms with van der Waals surface area (Å²) >= 11 is 0. The minimum atomic E-state index is -0.449. The fourth-order valence-electron chi connectivity index (χ4n) is 0.749. The number of ketones is 1. The van der Waals surface area contributed by atoms with Crippen molar-refractivity contribution in [2.24, 2.45) is 0 Å². The second-order valence-electron chi connectivity index (χ2n) is 2.29. The number of hydrogen-bond acceptors (Lipinski definition) is 3. The number of ether oxygens (including phenoxy) is 1. The maximum Gasteiger partial charge on any atom is 0.303 e. The van der Waals surface area contributed by atoms with Gasteiger partial charge in [0.25, 0.3) is 0 Å². The molecule has 4 nitrogen and oxygen atoms in total. The maximum absolute atomic E-state index is 11.1. The molecule has 12 heavy (non-hydrogen) atoms. The van der Waals surface area contributed by atoms with E-state index in [1.807, 2.05) is 0 Å². The number of H-pyrrole nitrogens is 1. The zero-order chi connectivity index (χ0) is 8.97. The van der Waals surface area contributed by atoms with Gasteiger partial charge in [-0.15, -0.1) is 0 Å². The Hall–Kier alpha value is -1.58. The number of nitrogens with one attached hydrogen (secondary N) is 1. The average Bonchev–Trinajstić information content (AvgIpc) is 2.51. The number of hydrogen-bond donors (Lipinski definition) is 1. The first-order valence-electron chi connectivity index (χ1n) is 3.50. The zero-order valence-electron chi connectivity index (χ0n) is 6.66. The molecule has 0 spiro atoms. The third-order valence-corrected chi connectivity index (χ3v) is 1.30. The summed E-state index contributed by atoms with van der Waals surface area (Å²) in [6.07, 6.45) is 1.64. The molecule has 0 unspecified atom stereocenters. The molecule has 0 aliphatic heterocycles. The van der Waals surface area contributed by atoms with Crippen molar-refractivity contribution < 1.29 is 14.3 Å². The number of rotatable bonds is 3. The summed E-state index contributed by atoms with van der Waals surface area (Å²) in [4.78, 5) is 24.2. The maximum atomic E-state index is 11.1. The number of carbonyl (C=O) groups excluding carboxylic acids is 2. The van der Waals surface area contributed by atoms with E-state index in [0.29, 0.717) is 5.69 Å². The van der Waals surface area contributed by atoms with Crippen LogP contribution < -0.4 is 0 Å². The van der Waals surface area contributed by atoms with Gasteiger partial charge in [0.1, 0.15) is 0 Å². The average molecular weight is 167 g/mol. The van der Waals surface area contributed by atoms with E-state index in [4.69, 9.17) is 0 Å². The van der Waals surface area contributed by atoms with Gasteiger partial charge in [-0.2, -0.15) is 0 Å². The third kappa shape index (κ3) is 2.23. The van der Waals surface area contributed by atoms with Crippen molar-refractivity contribution in [2.45, 2.75) is 6.92 Å². The second kappa shape index (κ2) is 3.71. The summed E-state index contributed by atoms with van der Waals surface area (Å²) < 4.78 is 4.52. The highest BCUT2D eigenvalue weighted by Crippen LogP contribution is 1.96. The van der Waals surface area contributed by atoms with Crippen LogP contribution in [0.5, 0.6) is 0 Å². The Labute approximate surface area is 69.5 Å². The molecular weight excluding hydrogens is 158 g/mol. The lowest BCUT2D eigenvalue weighted by atomic mass is 10.3. The molecule has 0 aliphatic rings. The predicted molar refractivity (Wildman–Crippen MR) is 41.8 cm³/mol. The number of Topliss-reactive ketones (excluding diaryl/α,β-unsaturated/α-hetero) is 1. The first-order valence-corrected chi connectivity index (χ1v) is 3.50. The third-order valence-electron chi connectivity index (χ3n) is 1.30. The molecule has 0 atom stereocenters. The predicted octanol–water partition coefficient (Wildman–Crippen LogP) is 0.760. The van der Waals surface area contributed by atoms with Crippen LogP contribution in [0.3, 0.4) is 0 Å². The van der Waals surface area contributed by atoms with Crippen molar-refractivity contribution in [2.75, 3.05) is 6.61 Å². The van der Waals surface area contributed by atoms with Crippen molar-refractivity contribution in [3.8, 4) is 0 Å². The molecule has 0 saturated carbocycles. The SMILES string of the molecule is CC(=O)OCC(=O)c1ccc[nH]1. The highest BCUT2D eigenvalue weighted by Gasteiger charge is 2.06. The molecule has 0 fully saturated rings. The van der Waals surface area contributed by atoms with E-state index < -0.39 is 5.97 Å². The van der Waals surface area contributed by atoms with Crippen LogP contribution in [0.4, 0.5) is 0 Å². The van der Waals surface area contributed by atoms with Crippen LogP contribution in [0.2, 0.25) is 0 Å². The number of aromatic nitrogens is 1. The minimum absolute atomic E-state index is 0.199. The first kappa shape index (κ1) is 8.52. The Morgan fingerprint density at radius 2 is 2.33 bits per heavy atom. The Morgan fingerprint density at radius 3 is 2.83 bits per heavy atom. The highest BCUT2D eigenvalue weighted by atomic mass is 16.5. The van der Waals surface area contributed by atoms with Crippen LogP contribution in [0.25, 0.3) is 0 Å². The lowest BCUT2D eigenvalue weighted by Gasteiger charge is -1.97. The topological polar surface area (TPSA) is 59.2 Å². The van der Waals surface area contributed by atoms with Crippen LogP contribution in [0, 0.1) is 0 Å². The van der Waals surface area contributed by atoms with Gasteiger partial charge in [0.2, 0.25) is 5.78 Å². The van der Waals surface area contributed by atoms with E-state index in [1.165, 1.54) is 6.92 Å². The smallest absolute Gasteiger partial charge is 0.303 e. The Morgan fingerprint density at radius 1 is 1.58 bits per heavy atom. The fourth-order valence-corrected chi connectivity index (χ4v) is 0.749. The van der Waals surface area contributed by atoms with Crippen LogP contribution in [-0.4, -0.2) is 23.3 Å². The summed E-state index contributed by atoms with van der Waals surface area (Å²) in [5.41, 5.74) is 0.455. The summed E-state index contributed by atoms with van der Waals surface area (Å²) in [6.45, 7) is 1.07. The van der Waals surface area contributed by atoms with Crippen molar-refractivity contribution in [3.05, 3.63) is 24.0 Å². The molecule has 1 heterocycles. The zero-order valence-corrected chi connectivity index (χ0v) is 6.66. The summed E-state index contributed by atoms with van der Waals surface area (Å²) in [6, 6.07) is 3.34. The molecule has 64 valence electrons. The summed E-state index contributed by atoms with van der Waals surface area (Å²) in [5, 5.41) is 0. The van der Waals surface area contributed by atoms with E-state index in [1.54, 1.807) is 18.3 Å². The lowest BCUT2D eigenvalue weighted by molar-refractivity contribution is -0.139. The quantitative estimate of drug-likeness (QED) is 0.534. The van der Waals surface area contributed by atoms with Crippen LogP contribution in [-0.2, 0) is 9.53 Å². The molecule has 0 amide bonds. The van der Waals surface area contributed by atoms with Gasteiger partial charge < -0.3 is 9.72 Å². The largest absolute Gasteiger partial charge is 0.457 e. The molecule has 4 heteroatoms. The van der Waals surface area contributed by atoms with Gasteiger partial charge in [-0.25, -0.2) is 0 Å². The van der Waals surface area contributed by atoms with E-state index in [0.717, 1.165) is 0 Å². The first-order chi connectivity index (χ1) is 5.70. The van der Waals surface area contributed by atoms with E-state index in [-0.39, 0.29) is 12.4 Å². The monoisotopic (exact) mass is 167 g/mol. The Balaban J connectivity index is 2.45. The minimum Gasteiger partial charge on any atom is -0.457 e. The van der Waals surface area contributed by atoms with E-state index >= 15 is 0 Å². The molecule has 1 rings (SSSR count). The molecular formula is C8H9NO3. The van der Waals surface area contributed by atoms with Gasteiger partial charge in [0.15, 0.2) is 6.61 Å². The molecule has 0 aliphatic carbocycles. The van der Waals surface area contributed by atoms with Gasteiger partial charge in [-0.1, -0.05) is 0 Å². The van der Waals surface area contributed by atoms with Crippen LogP contribution >= 0.6 is 0 Å². The molecule has 0 aromatic carbocycles. The molecule has 0 saturated heterocycles. The fraction of sp³-hybridized carbons (Fsp3) is 0.250. The molecule has 1 aromatic rings. The number of esters is 1. The van der Waals surface area contributed by atoms with Crippen molar-refractivity contribution >= 4 is 11.8 Å². The van der Waals surface area contributed by atoms with E-state index in [9.17, 15) is 9.59 Å². The number of carbonyl (C=O) groups is 2. The number of aromatic amines is 1. The highest BCUT2D eigenvalue weighted by molar-refractivity contribution is 5.96. The van der Waals surface area contributed by atoms with Crippen molar-refractivity contribution in [1.82, 2.24) is 4.98 Å². The van der Waals surface area contributed by atoms with Gasteiger partial charge in [0, 0.05) is 13.1 Å². The second-order valence-corrected chi connectivity index (χ2v) is 2.29. The summed E-state index contributed by atoms with van der Waals surface area (Å²) in [7, 11) is 0. The molecule has 0 bridgehead atoms. The summed E-state index contributed by atoms with van der Waals surface area (Å²) in [5.74, 6) is -0.676.